The first kappa shape index (κ1) is 9.15. The molecule has 0 unspecified atom stereocenters. The minimum Gasteiger partial charge on any atom is -0.326 e. The Kier molecular flexibility index (Phi) is 2.21. The summed E-state index contributed by atoms with van der Waals surface area (Å²) in [7, 11) is 1.99. The van der Waals surface area contributed by atoms with Gasteiger partial charge in [-0.25, -0.2) is 9.97 Å². The standard InChI is InChI=1S/C10H14N4/c1-3-8-13-9-7(6-11)4-5-12-10(9)14(8)2/h4-5H,3,6,11H2,1-2H3. The maximum atomic E-state index is 5.64. The van der Waals surface area contributed by atoms with Gasteiger partial charge in [-0.3, -0.25) is 0 Å². The van der Waals surface area contributed by atoms with Crippen molar-refractivity contribution in [1.29, 1.82) is 0 Å². The smallest absolute Gasteiger partial charge is 0.160 e. The van der Waals surface area contributed by atoms with Crippen LogP contribution in [0.2, 0.25) is 0 Å². The average Bonchev–Trinajstić information content (AvgIpc) is 2.55. The van der Waals surface area contributed by atoms with Gasteiger partial charge in [0.15, 0.2) is 5.65 Å². The zero-order chi connectivity index (χ0) is 10.1. The number of fused-ring (bicyclic) bond motifs is 1. The molecule has 0 aromatic carbocycles. The van der Waals surface area contributed by atoms with Gasteiger partial charge in [-0.15, -0.1) is 0 Å². The van der Waals surface area contributed by atoms with Crippen LogP contribution in [0, 0.1) is 0 Å². The van der Waals surface area contributed by atoms with Gasteiger partial charge in [0.25, 0.3) is 0 Å². The zero-order valence-electron chi connectivity index (χ0n) is 8.49. The number of aromatic nitrogens is 3. The predicted molar refractivity (Wildman–Crippen MR) is 55.8 cm³/mol. The summed E-state index contributed by atoms with van der Waals surface area (Å²) < 4.78 is 2.02. The highest BCUT2D eigenvalue weighted by molar-refractivity contribution is 5.75. The molecule has 0 radical (unpaired) electrons. The number of pyridine rings is 1. The molecule has 0 atom stereocenters. The Labute approximate surface area is 82.8 Å². The summed E-state index contributed by atoms with van der Waals surface area (Å²) in [5.74, 6) is 1.05. The van der Waals surface area contributed by atoms with E-state index < -0.39 is 0 Å². The van der Waals surface area contributed by atoms with Crippen LogP contribution in [0.3, 0.4) is 0 Å². The second-order valence-corrected chi connectivity index (χ2v) is 3.29. The molecule has 4 heteroatoms. The highest BCUT2D eigenvalue weighted by atomic mass is 15.1. The molecule has 14 heavy (non-hydrogen) atoms. The van der Waals surface area contributed by atoms with E-state index in [4.69, 9.17) is 5.73 Å². The fourth-order valence-corrected chi connectivity index (χ4v) is 1.66. The number of hydrogen-bond acceptors (Lipinski definition) is 3. The Hall–Kier alpha value is -1.42. The third-order valence-corrected chi connectivity index (χ3v) is 2.47. The third-order valence-electron chi connectivity index (χ3n) is 2.47. The van der Waals surface area contributed by atoms with E-state index in [1.165, 1.54) is 0 Å². The molecule has 2 aromatic heterocycles. The van der Waals surface area contributed by atoms with Crippen molar-refractivity contribution < 1.29 is 0 Å². The Balaban J connectivity index is 2.77. The topological polar surface area (TPSA) is 56.7 Å². The van der Waals surface area contributed by atoms with Crippen molar-refractivity contribution in [2.45, 2.75) is 19.9 Å². The van der Waals surface area contributed by atoms with Gasteiger partial charge in [-0.2, -0.15) is 0 Å². The van der Waals surface area contributed by atoms with E-state index in [0.717, 1.165) is 29.0 Å². The summed E-state index contributed by atoms with van der Waals surface area (Å²) in [5.41, 5.74) is 8.56. The summed E-state index contributed by atoms with van der Waals surface area (Å²) in [4.78, 5) is 8.82. The van der Waals surface area contributed by atoms with Crippen LogP contribution in [0.5, 0.6) is 0 Å². The molecule has 2 heterocycles. The highest BCUT2D eigenvalue weighted by Gasteiger charge is 2.09. The van der Waals surface area contributed by atoms with Gasteiger partial charge in [0.1, 0.15) is 11.3 Å². The molecule has 0 saturated carbocycles. The lowest BCUT2D eigenvalue weighted by Crippen LogP contribution is -1.98. The van der Waals surface area contributed by atoms with Crippen molar-refractivity contribution in [3.8, 4) is 0 Å². The Morgan fingerprint density at radius 1 is 1.50 bits per heavy atom. The Morgan fingerprint density at radius 2 is 2.29 bits per heavy atom. The third kappa shape index (κ3) is 1.19. The van der Waals surface area contributed by atoms with Gasteiger partial charge in [0, 0.05) is 26.2 Å². The van der Waals surface area contributed by atoms with Gasteiger partial charge in [-0.1, -0.05) is 6.92 Å². The van der Waals surface area contributed by atoms with Crippen LogP contribution >= 0.6 is 0 Å². The molecule has 0 aliphatic rings. The molecule has 0 amide bonds. The second-order valence-electron chi connectivity index (χ2n) is 3.29. The molecule has 0 aliphatic heterocycles. The summed E-state index contributed by atoms with van der Waals surface area (Å²) in [6.45, 7) is 2.60. The van der Waals surface area contributed by atoms with Crippen molar-refractivity contribution in [2.24, 2.45) is 12.8 Å². The van der Waals surface area contributed by atoms with Gasteiger partial charge in [0.2, 0.25) is 0 Å². The lowest BCUT2D eigenvalue weighted by Gasteiger charge is -1.98. The fourth-order valence-electron chi connectivity index (χ4n) is 1.66. The monoisotopic (exact) mass is 190 g/mol. The number of imidazole rings is 1. The average molecular weight is 190 g/mol. The largest absolute Gasteiger partial charge is 0.326 e. The van der Waals surface area contributed by atoms with Crippen molar-refractivity contribution in [3.05, 3.63) is 23.7 Å². The number of nitrogens with zero attached hydrogens (tertiary/aromatic N) is 3. The zero-order valence-corrected chi connectivity index (χ0v) is 8.49. The van der Waals surface area contributed by atoms with E-state index in [1.54, 1.807) is 6.20 Å². The van der Waals surface area contributed by atoms with E-state index in [9.17, 15) is 0 Å². The molecule has 74 valence electrons. The summed E-state index contributed by atoms with van der Waals surface area (Å²) in [6.07, 6.45) is 2.70. The molecule has 2 N–H and O–H groups in total. The summed E-state index contributed by atoms with van der Waals surface area (Å²) in [5, 5.41) is 0. The number of rotatable bonds is 2. The molecule has 0 fully saturated rings. The molecule has 0 aliphatic carbocycles. The molecule has 0 spiro atoms. The molecule has 2 aromatic rings. The lowest BCUT2D eigenvalue weighted by molar-refractivity contribution is 0.821. The van der Waals surface area contributed by atoms with Crippen LogP contribution in [0.15, 0.2) is 12.3 Å². The number of hydrogen-bond donors (Lipinski definition) is 1. The van der Waals surface area contributed by atoms with Crippen LogP contribution in [0.25, 0.3) is 11.2 Å². The molecule has 4 nitrogen and oxygen atoms in total. The van der Waals surface area contributed by atoms with Crippen molar-refractivity contribution in [1.82, 2.24) is 14.5 Å². The number of nitrogens with two attached hydrogens (primary N) is 1. The van der Waals surface area contributed by atoms with E-state index in [-0.39, 0.29) is 0 Å². The van der Waals surface area contributed by atoms with Crippen LogP contribution in [-0.2, 0) is 20.0 Å². The highest BCUT2D eigenvalue weighted by Crippen LogP contribution is 2.16. The minimum atomic E-state index is 0.513. The Bertz CT molecular complexity index is 458. The van der Waals surface area contributed by atoms with Gasteiger partial charge < -0.3 is 10.3 Å². The van der Waals surface area contributed by atoms with E-state index in [0.29, 0.717) is 6.54 Å². The van der Waals surface area contributed by atoms with Crippen LogP contribution in [0.1, 0.15) is 18.3 Å². The maximum Gasteiger partial charge on any atom is 0.160 e. The SMILES string of the molecule is CCc1nc2c(CN)ccnc2n1C. The predicted octanol–water partition coefficient (Wildman–Crippen LogP) is 0.989. The number of aryl methyl sites for hydroxylation is 2. The van der Waals surface area contributed by atoms with E-state index in [2.05, 4.69) is 16.9 Å². The molecule has 0 saturated heterocycles. The first-order valence-electron chi connectivity index (χ1n) is 4.77. The second kappa shape index (κ2) is 3.38. The summed E-state index contributed by atoms with van der Waals surface area (Å²) in [6, 6.07) is 1.93. The van der Waals surface area contributed by atoms with Gasteiger partial charge >= 0.3 is 0 Å². The van der Waals surface area contributed by atoms with Crippen LogP contribution in [-0.4, -0.2) is 14.5 Å². The molecule has 2 rings (SSSR count). The quantitative estimate of drug-likeness (QED) is 0.768. The minimum absolute atomic E-state index is 0.513. The van der Waals surface area contributed by atoms with E-state index in [1.807, 2.05) is 17.7 Å². The maximum absolute atomic E-state index is 5.64. The lowest BCUT2D eigenvalue weighted by atomic mass is 10.2. The van der Waals surface area contributed by atoms with Crippen LogP contribution < -0.4 is 5.73 Å². The first-order valence-corrected chi connectivity index (χ1v) is 4.77. The van der Waals surface area contributed by atoms with Crippen molar-refractivity contribution in [3.63, 3.8) is 0 Å². The Morgan fingerprint density at radius 3 is 2.93 bits per heavy atom. The molecule has 0 bridgehead atoms. The molecular weight excluding hydrogens is 176 g/mol. The fraction of sp³-hybridized carbons (Fsp3) is 0.400. The van der Waals surface area contributed by atoms with Crippen molar-refractivity contribution >= 4 is 11.2 Å². The molecular formula is C10H14N4. The summed E-state index contributed by atoms with van der Waals surface area (Å²) >= 11 is 0. The van der Waals surface area contributed by atoms with Crippen molar-refractivity contribution in [2.75, 3.05) is 0 Å². The van der Waals surface area contributed by atoms with Gasteiger partial charge in [-0.05, 0) is 11.6 Å². The first-order chi connectivity index (χ1) is 6.77. The van der Waals surface area contributed by atoms with Gasteiger partial charge in [0.05, 0.1) is 0 Å². The van der Waals surface area contributed by atoms with Crippen LogP contribution in [0.4, 0.5) is 0 Å². The van der Waals surface area contributed by atoms with E-state index >= 15 is 0 Å². The normalized spacial score (nSPS) is 11.1.